The lowest BCUT2D eigenvalue weighted by molar-refractivity contribution is 0.0973. The molecule has 0 spiro atoms. The maximum Gasteiger partial charge on any atom is 0.258 e. The third kappa shape index (κ3) is 4.33. The summed E-state index contributed by atoms with van der Waals surface area (Å²) in [6.07, 6.45) is 0. The van der Waals surface area contributed by atoms with Crippen molar-refractivity contribution in [2.75, 3.05) is 31.1 Å². The van der Waals surface area contributed by atoms with Gasteiger partial charge in [0.1, 0.15) is 10.7 Å². The SMILES string of the molecule is Cc1ccc(C(=O)NC(=S)N2CCN(c3c(F)c(F)c(Cl)c(F)c3F)CC2)c(Cl)c1. The van der Waals surface area contributed by atoms with Gasteiger partial charge < -0.3 is 9.80 Å². The first-order valence-corrected chi connectivity index (χ1v) is 9.91. The highest BCUT2D eigenvalue weighted by Crippen LogP contribution is 2.33. The minimum Gasteiger partial charge on any atom is -0.363 e. The molecule has 0 saturated carbocycles. The molecule has 0 unspecified atom stereocenters. The number of carbonyl (C=O) groups excluding carboxylic acids is 1. The van der Waals surface area contributed by atoms with E-state index >= 15 is 0 Å². The summed E-state index contributed by atoms with van der Waals surface area (Å²) in [5, 5.41) is 1.71. The largest absolute Gasteiger partial charge is 0.363 e. The van der Waals surface area contributed by atoms with E-state index in [0.717, 1.165) is 10.5 Å². The highest BCUT2D eigenvalue weighted by atomic mass is 35.5. The van der Waals surface area contributed by atoms with Gasteiger partial charge in [-0.3, -0.25) is 10.1 Å². The zero-order valence-corrected chi connectivity index (χ0v) is 17.9. The Hall–Kier alpha value is -2.10. The summed E-state index contributed by atoms with van der Waals surface area (Å²) in [5.41, 5.74) is 0.319. The Bertz CT molecular complexity index is 1000. The number of piperazine rings is 1. The molecule has 1 fully saturated rings. The summed E-state index contributed by atoms with van der Waals surface area (Å²) in [7, 11) is 0. The van der Waals surface area contributed by atoms with Gasteiger partial charge in [0.05, 0.1) is 10.6 Å². The molecular formula is C19H15Cl2F4N3OS. The first-order valence-electron chi connectivity index (χ1n) is 8.74. The van der Waals surface area contributed by atoms with Crippen LogP contribution in [0.15, 0.2) is 18.2 Å². The number of halogens is 6. The molecule has 0 radical (unpaired) electrons. The molecule has 30 heavy (non-hydrogen) atoms. The van der Waals surface area contributed by atoms with Crippen LogP contribution in [0, 0.1) is 30.2 Å². The second kappa shape index (κ2) is 8.95. The molecule has 11 heteroatoms. The fourth-order valence-electron chi connectivity index (χ4n) is 3.05. The van der Waals surface area contributed by atoms with Crippen molar-refractivity contribution >= 4 is 52.1 Å². The number of aryl methyl sites for hydroxylation is 1. The number of benzene rings is 2. The number of amides is 1. The van der Waals surface area contributed by atoms with Crippen LogP contribution in [-0.4, -0.2) is 42.1 Å². The van der Waals surface area contributed by atoms with Crippen molar-refractivity contribution in [1.82, 2.24) is 10.2 Å². The normalized spacial score (nSPS) is 14.1. The molecule has 1 aliphatic rings. The third-order valence-corrected chi connectivity index (χ3v) is 5.66. The van der Waals surface area contributed by atoms with E-state index in [1.54, 1.807) is 23.1 Å². The zero-order valence-electron chi connectivity index (χ0n) is 15.5. The molecule has 0 atom stereocenters. The Balaban J connectivity index is 1.67. The Morgan fingerprint density at radius 1 is 1.00 bits per heavy atom. The maximum absolute atomic E-state index is 14.2. The van der Waals surface area contributed by atoms with Crippen LogP contribution in [0.1, 0.15) is 15.9 Å². The van der Waals surface area contributed by atoms with Crippen molar-refractivity contribution in [3.8, 4) is 0 Å². The first-order chi connectivity index (χ1) is 14.1. The summed E-state index contributed by atoms with van der Waals surface area (Å²) in [6, 6.07) is 4.95. The summed E-state index contributed by atoms with van der Waals surface area (Å²) < 4.78 is 55.8. The fourth-order valence-corrected chi connectivity index (χ4v) is 3.81. The monoisotopic (exact) mass is 479 g/mol. The highest BCUT2D eigenvalue weighted by Gasteiger charge is 2.30. The zero-order chi connectivity index (χ0) is 22.2. The summed E-state index contributed by atoms with van der Waals surface area (Å²) in [5.74, 6) is -6.91. The molecular weight excluding hydrogens is 465 g/mol. The predicted octanol–water partition coefficient (Wildman–Crippen LogP) is 4.70. The van der Waals surface area contributed by atoms with Gasteiger partial charge in [0.2, 0.25) is 0 Å². The molecule has 0 bridgehead atoms. The molecule has 3 rings (SSSR count). The number of rotatable bonds is 2. The number of hydrogen-bond donors (Lipinski definition) is 1. The van der Waals surface area contributed by atoms with Crippen LogP contribution >= 0.6 is 35.4 Å². The van der Waals surface area contributed by atoms with E-state index in [1.165, 1.54) is 0 Å². The van der Waals surface area contributed by atoms with Crippen LogP contribution in [0.25, 0.3) is 0 Å². The van der Waals surface area contributed by atoms with Crippen molar-refractivity contribution in [2.24, 2.45) is 0 Å². The fraction of sp³-hybridized carbons (Fsp3) is 0.263. The van der Waals surface area contributed by atoms with Gasteiger partial charge in [-0.2, -0.15) is 0 Å². The summed E-state index contributed by atoms with van der Waals surface area (Å²) in [4.78, 5) is 15.2. The van der Waals surface area contributed by atoms with E-state index in [4.69, 9.17) is 35.4 Å². The lowest BCUT2D eigenvalue weighted by Crippen LogP contribution is -2.53. The van der Waals surface area contributed by atoms with Crippen LogP contribution < -0.4 is 10.2 Å². The van der Waals surface area contributed by atoms with E-state index in [1.807, 2.05) is 6.92 Å². The first kappa shape index (κ1) is 22.6. The Labute approximate surface area is 185 Å². The van der Waals surface area contributed by atoms with Gasteiger partial charge in [-0.25, -0.2) is 17.6 Å². The van der Waals surface area contributed by atoms with Crippen molar-refractivity contribution < 1.29 is 22.4 Å². The van der Waals surface area contributed by atoms with Gasteiger partial charge in [-0.15, -0.1) is 0 Å². The van der Waals surface area contributed by atoms with Crippen LogP contribution in [0.4, 0.5) is 23.2 Å². The molecule has 2 aromatic carbocycles. The van der Waals surface area contributed by atoms with E-state index in [0.29, 0.717) is 0 Å². The molecule has 1 heterocycles. The minimum absolute atomic E-state index is 0.00957. The Morgan fingerprint density at radius 2 is 1.57 bits per heavy atom. The third-order valence-electron chi connectivity index (χ3n) is 4.66. The quantitative estimate of drug-likeness (QED) is 0.293. The van der Waals surface area contributed by atoms with Crippen LogP contribution in [0.3, 0.4) is 0 Å². The van der Waals surface area contributed by atoms with Crippen molar-refractivity contribution in [3.05, 3.63) is 62.6 Å². The molecule has 160 valence electrons. The van der Waals surface area contributed by atoms with Crippen LogP contribution in [0.5, 0.6) is 0 Å². The van der Waals surface area contributed by atoms with Crippen molar-refractivity contribution in [3.63, 3.8) is 0 Å². The van der Waals surface area contributed by atoms with Gasteiger partial charge >= 0.3 is 0 Å². The van der Waals surface area contributed by atoms with Crippen molar-refractivity contribution in [2.45, 2.75) is 6.92 Å². The van der Waals surface area contributed by atoms with E-state index in [-0.39, 0.29) is 41.9 Å². The number of nitrogens with zero attached hydrogens (tertiary/aromatic N) is 2. The lowest BCUT2D eigenvalue weighted by Gasteiger charge is -2.37. The number of thiocarbonyl (C=S) groups is 1. The standard InChI is InChI=1S/C19H15Cl2F4N3OS/c1-9-2-3-10(11(20)8-9)18(29)26-19(30)28-6-4-27(5-7-28)17-15(24)13(22)12(21)14(23)16(17)25/h2-3,8H,4-7H2,1H3,(H,26,29,30). The number of hydrogen-bond acceptors (Lipinski definition) is 3. The molecule has 1 N–H and O–H groups in total. The average molecular weight is 480 g/mol. The van der Waals surface area contributed by atoms with Crippen LogP contribution in [0.2, 0.25) is 10.0 Å². The Morgan fingerprint density at radius 3 is 2.10 bits per heavy atom. The molecule has 1 aliphatic heterocycles. The molecule has 2 aromatic rings. The van der Waals surface area contributed by atoms with Gasteiger partial charge in [-0.1, -0.05) is 29.3 Å². The smallest absolute Gasteiger partial charge is 0.258 e. The number of anilines is 1. The molecule has 1 saturated heterocycles. The summed E-state index contributed by atoms with van der Waals surface area (Å²) >= 11 is 16.6. The predicted molar refractivity (Wildman–Crippen MR) is 111 cm³/mol. The second-order valence-corrected chi connectivity index (χ2v) is 7.81. The highest BCUT2D eigenvalue weighted by molar-refractivity contribution is 7.80. The van der Waals surface area contributed by atoms with Gasteiger partial charge in [0.15, 0.2) is 28.4 Å². The lowest BCUT2D eigenvalue weighted by atomic mass is 10.1. The number of nitrogens with one attached hydrogen (secondary N) is 1. The van der Waals surface area contributed by atoms with Crippen LogP contribution in [-0.2, 0) is 0 Å². The molecule has 0 aromatic heterocycles. The van der Waals surface area contributed by atoms with Crippen molar-refractivity contribution in [1.29, 1.82) is 0 Å². The van der Waals surface area contributed by atoms with Gasteiger partial charge in [-0.05, 0) is 36.8 Å². The maximum atomic E-state index is 14.2. The molecule has 1 amide bonds. The number of carbonyl (C=O) groups is 1. The van der Waals surface area contributed by atoms with Gasteiger partial charge in [0, 0.05) is 26.2 Å². The second-order valence-electron chi connectivity index (χ2n) is 6.64. The van der Waals surface area contributed by atoms with E-state index < -0.39 is 39.9 Å². The van der Waals surface area contributed by atoms with E-state index in [2.05, 4.69) is 5.32 Å². The van der Waals surface area contributed by atoms with E-state index in [9.17, 15) is 22.4 Å². The Kier molecular flexibility index (Phi) is 6.74. The summed E-state index contributed by atoms with van der Waals surface area (Å²) in [6.45, 7) is 2.17. The molecule has 4 nitrogen and oxygen atoms in total. The topological polar surface area (TPSA) is 35.6 Å². The van der Waals surface area contributed by atoms with Gasteiger partial charge in [0.25, 0.3) is 5.91 Å². The average Bonchev–Trinajstić information content (AvgIpc) is 2.71. The molecule has 0 aliphatic carbocycles. The minimum atomic E-state index is -1.65.